The van der Waals surface area contributed by atoms with Gasteiger partial charge in [0, 0.05) is 48.8 Å². The van der Waals surface area contributed by atoms with Crippen molar-refractivity contribution in [3.05, 3.63) is 41.5 Å². The second-order valence-corrected chi connectivity index (χ2v) is 11.4. The number of benzene rings is 2. The van der Waals surface area contributed by atoms with Crippen molar-refractivity contribution in [3.8, 4) is 5.75 Å². The number of aryl methyl sites for hydroxylation is 1. The van der Waals surface area contributed by atoms with Crippen LogP contribution in [0.4, 0.5) is 22.7 Å². The lowest BCUT2D eigenvalue weighted by Gasteiger charge is -2.48. The van der Waals surface area contributed by atoms with Gasteiger partial charge < -0.3 is 26.0 Å². The van der Waals surface area contributed by atoms with Gasteiger partial charge in [-0.3, -0.25) is 0 Å². The first-order valence-electron chi connectivity index (χ1n) is 14.0. The smallest absolute Gasteiger partial charge is 0.143 e. The summed E-state index contributed by atoms with van der Waals surface area (Å²) in [6.45, 7) is 11.6. The third-order valence-electron chi connectivity index (χ3n) is 7.93. The molecule has 36 heavy (non-hydrogen) atoms. The molecule has 2 aliphatic heterocycles. The van der Waals surface area contributed by atoms with E-state index in [-0.39, 0.29) is 5.54 Å². The van der Waals surface area contributed by atoms with E-state index in [9.17, 15) is 0 Å². The van der Waals surface area contributed by atoms with E-state index in [2.05, 4.69) is 68.8 Å². The molecule has 0 spiro atoms. The van der Waals surface area contributed by atoms with Gasteiger partial charge in [0.1, 0.15) is 5.75 Å². The highest BCUT2D eigenvalue weighted by atomic mass is 16.5. The summed E-state index contributed by atoms with van der Waals surface area (Å²) in [6.07, 6.45) is 11.6. The van der Waals surface area contributed by atoms with Crippen molar-refractivity contribution in [2.75, 3.05) is 48.5 Å². The Hall–Kier alpha value is -2.56. The van der Waals surface area contributed by atoms with Gasteiger partial charge in [-0.15, -0.1) is 0 Å². The lowest BCUT2D eigenvalue weighted by Crippen LogP contribution is -2.48. The zero-order chi connectivity index (χ0) is 26.3. The molecule has 4 N–H and O–H groups in total. The Morgan fingerprint density at radius 3 is 2.44 bits per heavy atom. The van der Waals surface area contributed by atoms with Gasteiger partial charge in [0.05, 0.1) is 12.8 Å². The van der Waals surface area contributed by atoms with Crippen molar-refractivity contribution in [1.82, 2.24) is 0 Å². The number of nitrogen functional groups attached to an aromatic ring is 2. The SMILES string of the molecule is CCCCCCCCN1c2cc(OC)c(N)cc2C(C)CC1(C)C.CN1CCCc2cc(N)ccc21. The van der Waals surface area contributed by atoms with E-state index >= 15 is 0 Å². The fourth-order valence-corrected chi connectivity index (χ4v) is 5.98. The minimum atomic E-state index is 0.178. The van der Waals surface area contributed by atoms with E-state index in [1.54, 1.807) is 7.11 Å². The Kier molecular flexibility index (Phi) is 9.81. The molecule has 2 heterocycles. The molecule has 1 unspecified atom stereocenters. The van der Waals surface area contributed by atoms with Crippen molar-refractivity contribution in [3.63, 3.8) is 0 Å². The van der Waals surface area contributed by atoms with Crippen LogP contribution >= 0.6 is 0 Å². The molecule has 0 radical (unpaired) electrons. The molecule has 2 aromatic carbocycles. The summed E-state index contributed by atoms with van der Waals surface area (Å²) in [4.78, 5) is 4.88. The number of nitrogens with two attached hydrogens (primary N) is 2. The molecule has 0 saturated heterocycles. The third kappa shape index (κ3) is 6.80. The fraction of sp³-hybridized carbons (Fsp3) is 0.613. The number of anilines is 4. The van der Waals surface area contributed by atoms with Gasteiger partial charge in [-0.1, -0.05) is 46.0 Å². The van der Waals surface area contributed by atoms with E-state index < -0.39 is 0 Å². The van der Waals surface area contributed by atoms with Crippen LogP contribution in [-0.4, -0.2) is 32.8 Å². The molecule has 0 saturated carbocycles. The zero-order valence-corrected chi connectivity index (χ0v) is 23.7. The molecular weight excluding hydrogens is 444 g/mol. The highest BCUT2D eigenvalue weighted by Crippen LogP contribution is 2.46. The highest BCUT2D eigenvalue weighted by molar-refractivity contribution is 5.70. The number of hydrogen-bond acceptors (Lipinski definition) is 5. The van der Waals surface area contributed by atoms with Crippen molar-refractivity contribution in [1.29, 1.82) is 0 Å². The largest absolute Gasteiger partial charge is 0.495 e. The zero-order valence-electron chi connectivity index (χ0n) is 23.7. The Morgan fingerprint density at radius 2 is 1.72 bits per heavy atom. The van der Waals surface area contributed by atoms with E-state index in [1.165, 1.54) is 80.3 Å². The van der Waals surface area contributed by atoms with Crippen LogP contribution in [0.25, 0.3) is 0 Å². The molecule has 1 atom stereocenters. The summed E-state index contributed by atoms with van der Waals surface area (Å²) in [5.74, 6) is 1.33. The van der Waals surface area contributed by atoms with Gasteiger partial charge >= 0.3 is 0 Å². The first-order valence-corrected chi connectivity index (χ1v) is 14.0. The molecule has 5 heteroatoms. The van der Waals surface area contributed by atoms with E-state index in [0.717, 1.165) is 30.2 Å². The van der Waals surface area contributed by atoms with Crippen LogP contribution in [0.2, 0.25) is 0 Å². The molecule has 2 aromatic rings. The Labute approximate surface area is 220 Å². The van der Waals surface area contributed by atoms with Gasteiger partial charge in [0.15, 0.2) is 0 Å². The van der Waals surface area contributed by atoms with Crippen LogP contribution in [0, 0.1) is 0 Å². The molecule has 200 valence electrons. The molecule has 0 bridgehead atoms. The van der Waals surface area contributed by atoms with Crippen LogP contribution in [0.15, 0.2) is 30.3 Å². The number of hydrogen-bond donors (Lipinski definition) is 2. The monoisotopic (exact) mass is 494 g/mol. The lowest BCUT2D eigenvalue weighted by molar-refractivity contribution is 0.369. The first-order chi connectivity index (χ1) is 17.2. The summed E-state index contributed by atoms with van der Waals surface area (Å²) in [6, 6.07) is 10.5. The molecule has 0 aromatic heterocycles. The summed E-state index contributed by atoms with van der Waals surface area (Å²) < 4.78 is 5.48. The van der Waals surface area contributed by atoms with E-state index in [4.69, 9.17) is 16.2 Å². The second-order valence-electron chi connectivity index (χ2n) is 11.4. The first kappa shape index (κ1) is 28.0. The van der Waals surface area contributed by atoms with Crippen molar-refractivity contribution in [2.24, 2.45) is 0 Å². The maximum Gasteiger partial charge on any atom is 0.143 e. The van der Waals surface area contributed by atoms with Gasteiger partial charge in [-0.2, -0.15) is 0 Å². The second kappa shape index (κ2) is 12.6. The highest BCUT2D eigenvalue weighted by Gasteiger charge is 2.36. The summed E-state index contributed by atoms with van der Waals surface area (Å²) >= 11 is 0. The van der Waals surface area contributed by atoms with Crippen molar-refractivity contribution >= 4 is 22.7 Å². The summed E-state index contributed by atoms with van der Waals surface area (Å²) in [5.41, 5.74) is 19.1. The number of fused-ring (bicyclic) bond motifs is 2. The van der Waals surface area contributed by atoms with Crippen molar-refractivity contribution < 1.29 is 4.74 Å². The Bertz CT molecular complexity index is 987. The number of methoxy groups -OCH3 is 1. The van der Waals surface area contributed by atoms with Crippen LogP contribution in [0.3, 0.4) is 0 Å². The van der Waals surface area contributed by atoms with Gasteiger partial charge in [-0.25, -0.2) is 0 Å². The predicted molar refractivity (Wildman–Crippen MR) is 158 cm³/mol. The lowest BCUT2D eigenvalue weighted by atomic mass is 9.79. The van der Waals surface area contributed by atoms with Gasteiger partial charge in [0.25, 0.3) is 0 Å². The maximum absolute atomic E-state index is 6.16. The Morgan fingerprint density at radius 1 is 1.00 bits per heavy atom. The third-order valence-corrected chi connectivity index (χ3v) is 7.93. The van der Waals surface area contributed by atoms with Crippen LogP contribution in [-0.2, 0) is 6.42 Å². The van der Waals surface area contributed by atoms with E-state index in [0.29, 0.717) is 5.92 Å². The average Bonchev–Trinajstić information content (AvgIpc) is 2.83. The maximum atomic E-state index is 6.16. The average molecular weight is 495 g/mol. The van der Waals surface area contributed by atoms with Gasteiger partial charge in [-0.05, 0) is 80.8 Å². The summed E-state index contributed by atoms with van der Waals surface area (Å²) in [7, 11) is 3.84. The number of rotatable bonds is 8. The predicted octanol–water partition coefficient (Wildman–Crippen LogP) is 7.38. The quantitative estimate of drug-likeness (QED) is 0.296. The molecular formula is C31H50N4O. The molecule has 0 amide bonds. The minimum Gasteiger partial charge on any atom is -0.495 e. The van der Waals surface area contributed by atoms with E-state index in [1.807, 2.05) is 6.07 Å². The molecule has 0 aliphatic carbocycles. The Balaban J connectivity index is 0.000000249. The number of unbranched alkanes of at least 4 members (excludes halogenated alkanes) is 5. The molecule has 4 rings (SSSR count). The van der Waals surface area contributed by atoms with Gasteiger partial charge in [0.2, 0.25) is 0 Å². The van der Waals surface area contributed by atoms with Crippen LogP contribution in [0.1, 0.15) is 96.1 Å². The topological polar surface area (TPSA) is 67.8 Å². The van der Waals surface area contributed by atoms with Crippen LogP contribution in [0.5, 0.6) is 5.75 Å². The fourth-order valence-electron chi connectivity index (χ4n) is 5.98. The minimum absolute atomic E-state index is 0.178. The standard InChI is InChI=1S/C21H36N2O.C10H14N2/c1-6-7-8-9-10-11-12-23-19-14-20(24-5)18(22)13-17(19)16(2)15-21(23,3)4;1-12-6-2-3-8-7-9(11)4-5-10(8)12/h13-14,16H,6-12,15,22H2,1-5H3;4-5,7H,2-3,6,11H2,1H3. The summed E-state index contributed by atoms with van der Waals surface area (Å²) in [5, 5.41) is 0. The normalized spacial score (nSPS) is 18.1. The molecule has 0 fully saturated rings. The molecule has 2 aliphatic rings. The van der Waals surface area contributed by atoms with Crippen LogP contribution < -0.4 is 26.0 Å². The molecule has 5 nitrogen and oxygen atoms in total. The van der Waals surface area contributed by atoms with Crippen molar-refractivity contribution in [2.45, 2.75) is 96.9 Å². The number of nitrogens with zero attached hydrogens (tertiary/aromatic N) is 2. The number of ether oxygens (including phenoxy) is 1.